The number of hydrogen-bond donors (Lipinski definition) is 2. The van der Waals surface area contributed by atoms with Crippen molar-refractivity contribution in [3.05, 3.63) is 70.6 Å². The van der Waals surface area contributed by atoms with E-state index >= 15 is 0 Å². The van der Waals surface area contributed by atoms with Crippen molar-refractivity contribution in [2.45, 2.75) is 19.9 Å². The summed E-state index contributed by atoms with van der Waals surface area (Å²) in [5, 5.41) is 6.34. The fourth-order valence-corrected chi connectivity index (χ4v) is 2.76. The van der Waals surface area contributed by atoms with E-state index in [4.69, 9.17) is 9.15 Å². The van der Waals surface area contributed by atoms with Gasteiger partial charge in [0, 0.05) is 11.9 Å². The maximum absolute atomic E-state index is 12.5. The molecule has 144 valence electrons. The Bertz CT molecular complexity index is 1040. The summed E-state index contributed by atoms with van der Waals surface area (Å²) >= 11 is 0. The van der Waals surface area contributed by atoms with Gasteiger partial charge in [-0.25, -0.2) is 4.79 Å². The molecule has 0 saturated heterocycles. The van der Waals surface area contributed by atoms with Crippen LogP contribution in [0.15, 0.2) is 63.8 Å². The van der Waals surface area contributed by atoms with E-state index in [1.54, 1.807) is 31.2 Å². The lowest BCUT2D eigenvalue weighted by Crippen LogP contribution is -2.23. The molecular weight excluding hydrogens is 360 g/mol. The van der Waals surface area contributed by atoms with Crippen LogP contribution in [0.4, 0.5) is 11.4 Å². The van der Waals surface area contributed by atoms with E-state index in [0.29, 0.717) is 23.2 Å². The van der Waals surface area contributed by atoms with Gasteiger partial charge in [-0.15, -0.1) is 0 Å². The van der Waals surface area contributed by atoms with E-state index in [2.05, 4.69) is 10.6 Å². The molecule has 7 nitrogen and oxygen atoms in total. The van der Waals surface area contributed by atoms with Crippen LogP contribution >= 0.6 is 0 Å². The van der Waals surface area contributed by atoms with Crippen molar-refractivity contribution in [2.24, 2.45) is 0 Å². The van der Waals surface area contributed by atoms with Crippen molar-refractivity contribution in [3.8, 4) is 0 Å². The molecule has 0 atom stereocenters. The molecule has 28 heavy (non-hydrogen) atoms. The summed E-state index contributed by atoms with van der Waals surface area (Å²) in [7, 11) is 0. The van der Waals surface area contributed by atoms with Gasteiger partial charge in [0.25, 0.3) is 0 Å². The van der Waals surface area contributed by atoms with Crippen molar-refractivity contribution in [2.75, 3.05) is 17.2 Å². The predicted octanol–water partition coefficient (Wildman–Crippen LogP) is 3.30. The zero-order valence-corrected chi connectivity index (χ0v) is 15.4. The van der Waals surface area contributed by atoms with Gasteiger partial charge in [-0.05, 0) is 24.6 Å². The third-order valence-electron chi connectivity index (χ3n) is 4.00. The molecule has 2 N–H and O–H groups in total. The van der Waals surface area contributed by atoms with E-state index in [0.717, 1.165) is 5.56 Å². The maximum Gasteiger partial charge on any atom is 0.362 e. The quantitative estimate of drug-likeness (QED) is 0.371. The standard InChI is InChI=1S/C21H20N2O5/c1-2-27-18(25)12-17(24)23-20-19(22-13-14-8-4-3-5-9-14)15-10-6-7-11-16(15)28-21(20)26/h3-11,22H,2,12-13H2,1H3,(H,23,24). The summed E-state index contributed by atoms with van der Waals surface area (Å²) in [6.07, 6.45) is -0.488. The minimum atomic E-state index is -0.702. The van der Waals surface area contributed by atoms with Gasteiger partial charge in [0.15, 0.2) is 5.69 Å². The van der Waals surface area contributed by atoms with E-state index in [-0.39, 0.29) is 12.3 Å². The third-order valence-corrected chi connectivity index (χ3v) is 4.00. The van der Waals surface area contributed by atoms with Crippen molar-refractivity contribution in [3.63, 3.8) is 0 Å². The number of hydrogen-bond acceptors (Lipinski definition) is 6. The van der Waals surface area contributed by atoms with E-state index < -0.39 is 23.9 Å². The lowest BCUT2D eigenvalue weighted by atomic mass is 10.1. The SMILES string of the molecule is CCOC(=O)CC(=O)Nc1c(NCc2ccccc2)c2ccccc2oc1=O. The highest BCUT2D eigenvalue weighted by molar-refractivity contribution is 6.06. The Morgan fingerprint density at radius 3 is 2.46 bits per heavy atom. The van der Waals surface area contributed by atoms with Crippen molar-refractivity contribution >= 4 is 34.2 Å². The van der Waals surface area contributed by atoms with Crippen LogP contribution in [0, 0.1) is 0 Å². The molecule has 0 spiro atoms. The minimum absolute atomic E-state index is 0.0380. The number of amides is 1. The number of para-hydroxylation sites is 1. The van der Waals surface area contributed by atoms with E-state index in [1.165, 1.54) is 0 Å². The minimum Gasteiger partial charge on any atom is -0.466 e. The number of carbonyl (C=O) groups is 2. The molecule has 3 aromatic rings. The largest absolute Gasteiger partial charge is 0.466 e. The summed E-state index contributed by atoms with van der Waals surface area (Å²) in [5.41, 5.74) is 1.10. The highest BCUT2D eigenvalue weighted by Gasteiger charge is 2.18. The lowest BCUT2D eigenvalue weighted by Gasteiger charge is -2.14. The van der Waals surface area contributed by atoms with Crippen molar-refractivity contribution in [1.29, 1.82) is 0 Å². The van der Waals surface area contributed by atoms with Crippen LogP contribution in [-0.4, -0.2) is 18.5 Å². The number of ether oxygens (including phenoxy) is 1. The number of nitrogens with one attached hydrogen (secondary N) is 2. The first-order chi connectivity index (χ1) is 13.6. The molecule has 0 fully saturated rings. The number of carbonyl (C=O) groups excluding carboxylic acids is 2. The van der Waals surface area contributed by atoms with Gasteiger partial charge >= 0.3 is 11.6 Å². The average Bonchev–Trinajstić information content (AvgIpc) is 2.68. The first-order valence-corrected chi connectivity index (χ1v) is 8.87. The molecule has 0 unspecified atom stereocenters. The van der Waals surface area contributed by atoms with Crippen LogP contribution in [0.3, 0.4) is 0 Å². The molecule has 3 rings (SSSR count). The summed E-state index contributed by atoms with van der Waals surface area (Å²) < 4.78 is 10.1. The molecule has 1 amide bonds. The number of fused-ring (bicyclic) bond motifs is 1. The Balaban J connectivity index is 1.93. The van der Waals surface area contributed by atoms with Crippen LogP contribution in [0.5, 0.6) is 0 Å². The van der Waals surface area contributed by atoms with Gasteiger partial charge in [0.2, 0.25) is 5.91 Å². The normalized spacial score (nSPS) is 10.5. The van der Waals surface area contributed by atoms with Crippen LogP contribution < -0.4 is 16.3 Å². The molecule has 0 saturated carbocycles. The first-order valence-electron chi connectivity index (χ1n) is 8.87. The maximum atomic E-state index is 12.5. The zero-order chi connectivity index (χ0) is 19.9. The second-order valence-electron chi connectivity index (χ2n) is 6.00. The molecule has 1 heterocycles. The van der Waals surface area contributed by atoms with Crippen molar-refractivity contribution in [1.82, 2.24) is 0 Å². The van der Waals surface area contributed by atoms with Crippen LogP contribution in [0.1, 0.15) is 18.9 Å². The molecule has 0 radical (unpaired) electrons. The Kier molecular flexibility index (Phi) is 6.06. The molecule has 7 heteroatoms. The molecule has 1 aromatic heterocycles. The smallest absolute Gasteiger partial charge is 0.362 e. The van der Waals surface area contributed by atoms with Gasteiger partial charge < -0.3 is 19.8 Å². The molecule has 0 bridgehead atoms. The zero-order valence-electron chi connectivity index (χ0n) is 15.4. The van der Waals surface area contributed by atoms with Crippen LogP contribution in [0.2, 0.25) is 0 Å². The third kappa shape index (κ3) is 4.56. The summed E-state index contributed by atoms with van der Waals surface area (Å²) in [4.78, 5) is 36.2. The van der Waals surface area contributed by atoms with E-state index in [1.807, 2.05) is 30.3 Å². The molecule has 0 aliphatic heterocycles. The summed E-state index contributed by atoms with van der Waals surface area (Å²) in [6, 6.07) is 16.6. The van der Waals surface area contributed by atoms with Crippen LogP contribution in [-0.2, 0) is 20.9 Å². The van der Waals surface area contributed by atoms with Gasteiger partial charge in [0.1, 0.15) is 12.0 Å². The Labute approximate surface area is 161 Å². The first kappa shape index (κ1) is 19.2. The Morgan fingerprint density at radius 2 is 1.71 bits per heavy atom. The molecule has 2 aromatic carbocycles. The Hall–Kier alpha value is -3.61. The number of rotatable bonds is 7. The molecule has 0 aliphatic rings. The second kappa shape index (κ2) is 8.85. The highest BCUT2D eigenvalue weighted by atomic mass is 16.5. The summed E-state index contributed by atoms with van der Waals surface area (Å²) in [6.45, 7) is 2.27. The predicted molar refractivity (Wildman–Crippen MR) is 106 cm³/mol. The average molecular weight is 380 g/mol. The fourth-order valence-electron chi connectivity index (χ4n) is 2.76. The summed E-state index contributed by atoms with van der Waals surface area (Å²) in [5.74, 6) is -1.31. The second-order valence-corrected chi connectivity index (χ2v) is 6.00. The van der Waals surface area contributed by atoms with Gasteiger partial charge in [-0.3, -0.25) is 9.59 Å². The molecular formula is C21H20N2O5. The van der Waals surface area contributed by atoms with Crippen molar-refractivity contribution < 1.29 is 18.7 Å². The lowest BCUT2D eigenvalue weighted by molar-refractivity contribution is -0.145. The topological polar surface area (TPSA) is 97.6 Å². The molecule has 0 aliphatic carbocycles. The monoisotopic (exact) mass is 380 g/mol. The van der Waals surface area contributed by atoms with Gasteiger partial charge in [-0.1, -0.05) is 42.5 Å². The highest BCUT2D eigenvalue weighted by Crippen LogP contribution is 2.29. The van der Waals surface area contributed by atoms with Gasteiger partial charge in [-0.2, -0.15) is 0 Å². The number of anilines is 2. The van der Waals surface area contributed by atoms with Gasteiger partial charge in [0.05, 0.1) is 12.3 Å². The van der Waals surface area contributed by atoms with E-state index in [9.17, 15) is 14.4 Å². The number of benzene rings is 2. The fraction of sp³-hybridized carbons (Fsp3) is 0.190. The van der Waals surface area contributed by atoms with Crippen LogP contribution in [0.25, 0.3) is 11.0 Å². The number of esters is 1. The Morgan fingerprint density at radius 1 is 1.00 bits per heavy atom.